The molecule has 5 aliphatic heterocycles. The van der Waals surface area contributed by atoms with Gasteiger partial charge in [0.25, 0.3) is 5.91 Å². The van der Waals surface area contributed by atoms with Crippen LogP contribution in [0, 0.1) is 12.8 Å². The molecule has 8 heterocycles. The summed E-state index contributed by atoms with van der Waals surface area (Å²) in [6.07, 6.45) is 13.6. The zero-order valence-corrected chi connectivity index (χ0v) is 41.7. The summed E-state index contributed by atoms with van der Waals surface area (Å²) in [5.41, 5.74) is 8.29. The smallest absolute Gasteiger partial charge is 0.415 e. The first-order valence-corrected chi connectivity index (χ1v) is 25.3. The second kappa shape index (κ2) is 20.5. The van der Waals surface area contributed by atoms with Gasteiger partial charge in [0.05, 0.1) is 50.0 Å². The molecule has 5 aliphatic rings. The van der Waals surface area contributed by atoms with Gasteiger partial charge >= 0.3 is 6.09 Å². The van der Waals surface area contributed by atoms with Gasteiger partial charge in [-0.2, -0.15) is 5.10 Å². The van der Waals surface area contributed by atoms with Gasteiger partial charge in [-0.05, 0) is 131 Å². The zero-order chi connectivity index (χ0) is 49.2. The maximum Gasteiger partial charge on any atom is 0.415 e. The third-order valence-electron chi connectivity index (χ3n) is 14.6. The lowest BCUT2D eigenvalue weighted by atomic mass is 9.94. The van der Waals surface area contributed by atoms with E-state index in [1.807, 2.05) is 70.6 Å². The number of rotatable bonds is 12. The number of hydrogen-bond donors (Lipinski definition) is 2. The van der Waals surface area contributed by atoms with E-state index in [-0.39, 0.29) is 18.4 Å². The van der Waals surface area contributed by atoms with Crippen LogP contribution in [-0.2, 0) is 33.8 Å². The third-order valence-corrected chi connectivity index (χ3v) is 14.6. The molecule has 2 aromatic carbocycles. The third kappa shape index (κ3) is 10.9. The predicted molar refractivity (Wildman–Crippen MR) is 274 cm³/mol. The highest BCUT2D eigenvalue weighted by atomic mass is 16.6. The minimum Gasteiger partial charge on any atom is -0.497 e. The SMILES string of the molecule is COc1ccc(CN2C(=O)CCC(Nc3ccc(N4CCC(CN5CCC(n6cc(Nc7cc8c(cn7)CCN(c7cnc9c(c7C)N(C(=O)OC(C)(C)C)CCO9)C8)cn6)CC5)CC4)cc3)C2=O)cc1. The van der Waals surface area contributed by atoms with Gasteiger partial charge in [-0.3, -0.25) is 24.1 Å². The average molecular weight is 966 g/mol. The highest BCUT2D eigenvalue weighted by Crippen LogP contribution is 2.40. The van der Waals surface area contributed by atoms with Gasteiger partial charge in [0.15, 0.2) is 0 Å². The van der Waals surface area contributed by atoms with Crippen molar-refractivity contribution in [2.75, 3.05) is 84.9 Å². The van der Waals surface area contributed by atoms with Crippen LogP contribution < -0.4 is 34.8 Å². The first kappa shape index (κ1) is 47.8. The number of imide groups is 1. The molecule has 10 rings (SSSR count). The fourth-order valence-corrected chi connectivity index (χ4v) is 10.7. The Labute approximate surface area is 416 Å². The molecule has 3 aromatic heterocycles. The molecule has 1 atom stereocenters. The number of benzene rings is 2. The summed E-state index contributed by atoms with van der Waals surface area (Å²) < 4.78 is 19.0. The monoisotopic (exact) mass is 966 g/mol. The molecule has 0 bridgehead atoms. The van der Waals surface area contributed by atoms with E-state index >= 15 is 0 Å². The van der Waals surface area contributed by atoms with Crippen LogP contribution in [0.4, 0.5) is 39.0 Å². The van der Waals surface area contributed by atoms with Gasteiger partial charge in [-0.25, -0.2) is 14.8 Å². The molecule has 3 amide bonds. The van der Waals surface area contributed by atoms with Crippen LogP contribution in [0.3, 0.4) is 0 Å². The second-order valence-electron chi connectivity index (χ2n) is 20.7. The number of aromatic nitrogens is 4. The molecule has 17 nitrogen and oxygen atoms in total. The van der Waals surface area contributed by atoms with Crippen molar-refractivity contribution in [2.45, 2.75) is 103 Å². The molecule has 374 valence electrons. The lowest BCUT2D eigenvalue weighted by Crippen LogP contribution is -2.50. The van der Waals surface area contributed by atoms with Crippen molar-refractivity contribution in [3.63, 3.8) is 0 Å². The van der Waals surface area contributed by atoms with Gasteiger partial charge in [-0.1, -0.05) is 12.1 Å². The zero-order valence-electron chi connectivity index (χ0n) is 41.7. The number of piperidine rings is 3. The summed E-state index contributed by atoms with van der Waals surface area (Å²) >= 11 is 0. The van der Waals surface area contributed by atoms with E-state index < -0.39 is 17.7 Å². The number of hydrogen-bond acceptors (Lipinski definition) is 14. The van der Waals surface area contributed by atoms with Gasteiger partial charge in [0.2, 0.25) is 11.8 Å². The normalized spacial score (nSPS) is 19.3. The van der Waals surface area contributed by atoms with Gasteiger partial charge in [0, 0.05) is 81.6 Å². The fourth-order valence-electron chi connectivity index (χ4n) is 10.7. The first-order chi connectivity index (χ1) is 34.3. The Balaban J connectivity index is 0.669. The summed E-state index contributed by atoms with van der Waals surface area (Å²) in [5, 5.41) is 11.7. The predicted octanol–water partition coefficient (Wildman–Crippen LogP) is 8.11. The molecule has 3 fully saturated rings. The maximum atomic E-state index is 13.4. The molecular formula is C54H67N11O6. The molecule has 3 saturated heterocycles. The molecule has 0 spiro atoms. The average Bonchev–Trinajstić information content (AvgIpc) is 3.84. The van der Waals surface area contributed by atoms with Crippen LogP contribution in [-0.4, -0.2) is 119 Å². The standard InChI is InChI=1S/C54H67N11O6/c1-36-47(31-56-51-50(36)63(26-27-70-51)53(68)71-54(2,3)4)62-25-18-39-29-55-48(28-40(39)34-62)59-42-30-57-65(35-42)44-19-21-60(22-20-44)32-38-16-23-61(24-17-38)43-10-8-41(9-11-43)58-46-14-15-49(66)64(52(46)67)33-37-6-12-45(69-5)13-7-37/h6-13,28-31,35,38,44,46,58H,14-27,32-34H2,1-5H3,(H,55,59). The minimum absolute atomic E-state index is 0.134. The topological polar surface area (TPSA) is 163 Å². The van der Waals surface area contributed by atoms with Gasteiger partial charge < -0.3 is 39.5 Å². The summed E-state index contributed by atoms with van der Waals surface area (Å²) in [7, 11) is 1.62. The summed E-state index contributed by atoms with van der Waals surface area (Å²) in [6, 6.07) is 17.9. The van der Waals surface area contributed by atoms with Crippen LogP contribution in [0.1, 0.15) is 87.6 Å². The highest BCUT2D eigenvalue weighted by molar-refractivity contribution is 6.01. The molecule has 0 aliphatic carbocycles. The van der Waals surface area contributed by atoms with Crippen LogP contribution in [0.2, 0.25) is 0 Å². The minimum atomic E-state index is -0.612. The Bertz CT molecular complexity index is 2710. The molecule has 0 radical (unpaired) electrons. The van der Waals surface area contributed by atoms with Crippen molar-refractivity contribution >= 4 is 52.2 Å². The van der Waals surface area contributed by atoms with Crippen LogP contribution in [0.5, 0.6) is 11.6 Å². The van der Waals surface area contributed by atoms with E-state index in [2.05, 4.69) is 71.5 Å². The quantitative estimate of drug-likeness (QED) is 0.115. The number of carbonyl (C=O) groups is 3. The van der Waals surface area contributed by atoms with E-state index in [1.165, 1.54) is 21.7 Å². The molecular weight excluding hydrogens is 899 g/mol. The van der Waals surface area contributed by atoms with Crippen LogP contribution in [0.15, 0.2) is 79.4 Å². The molecule has 2 N–H and O–H groups in total. The number of fused-ring (bicyclic) bond motifs is 2. The highest BCUT2D eigenvalue weighted by Gasteiger charge is 2.36. The van der Waals surface area contributed by atoms with E-state index in [0.29, 0.717) is 56.1 Å². The molecule has 5 aromatic rings. The number of ether oxygens (including phenoxy) is 3. The van der Waals surface area contributed by atoms with Crippen molar-refractivity contribution in [3.8, 4) is 11.6 Å². The Hall–Kier alpha value is -6.88. The Morgan fingerprint density at radius 2 is 1.61 bits per heavy atom. The number of pyridine rings is 2. The number of anilines is 6. The largest absolute Gasteiger partial charge is 0.497 e. The fraction of sp³-hybridized carbons (Fsp3) is 0.481. The van der Waals surface area contributed by atoms with Crippen molar-refractivity contribution in [3.05, 3.63) is 102 Å². The summed E-state index contributed by atoms with van der Waals surface area (Å²) in [6.45, 7) is 15.5. The first-order valence-electron chi connectivity index (χ1n) is 25.3. The molecule has 71 heavy (non-hydrogen) atoms. The van der Waals surface area contributed by atoms with Crippen LogP contribution in [0.25, 0.3) is 0 Å². The Kier molecular flexibility index (Phi) is 13.8. The van der Waals surface area contributed by atoms with Gasteiger partial charge in [-0.15, -0.1) is 0 Å². The van der Waals surface area contributed by atoms with Crippen molar-refractivity contribution < 1.29 is 28.6 Å². The van der Waals surface area contributed by atoms with Gasteiger partial charge in [0.1, 0.15) is 35.5 Å². The molecule has 17 heteroatoms. The molecule has 1 unspecified atom stereocenters. The van der Waals surface area contributed by atoms with Crippen molar-refractivity contribution in [1.29, 1.82) is 0 Å². The maximum absolute atomic E-state index is 13.4. The number of nitrogens with zero attached hydrogens (tertiary/aromatic N) is 9. The number of nitrogens with one attached hydrogen (secondary N) is 2. The Morgan fingerprint density at radius 1 is 0.831 bits per heavy atom. The van der Waals surface area contributed by atoms with E-state index in [4.69, 9.17) is 24.3 Å². The van der Waals surface area contributed by atoms with E-state index in [0.717, 1.165) is 111 Å². The number of carbonyl (C=O) groups excluding carboxylic acids is 3. The molecule has 0 saturated carbocycles. The summed E-state index contributed by atoms with van der Waals surface area (Å²) in [4.78, 5) is 59.3. The van der Waals surface area contributed by atoms with Crippen LogP contribution >= 0.6 is 0 Å². The summed E-state index contributed by atoms with van der Waals surface area (Å²) in [5.74, 6) is 2.33. The lowest BCUT2D eigenvalue weighted by molar-refractivity contribution is -0.149. The van der Waals surface area contributed by atoms with Crippen molar-refractivity contribution in [2.24, 2.45) is 5.92 Å². The van der Waals surface area contributed by atoms with E-state index in [1.54, 1.807) is 12.0 Å². The second-order valence-corrected chi connectivity index (χ2v) is 20.7. The van der Waals surface area contributed by atoms with Crippen molar-refractivity contribution in [1.82, 2.24) is 29.5 Å². The lowest BCUT2D eigenvalue weighted by Gasteiger charge is -2.38. The number of methoxy groups -OCH3 is 1. The number of amides is 3. The number of likely N-dealkylation sites (tertiary alicyclic amines) is 2. The Morgan fingerprint density at radius 3 is 2.35 bits per heavy atom. The van der Waals surface area contributed by atoms with E-state index in [9.17, 15) is 14.4 Å².